The first-order valence-corrected chi connectivity index (χ1v) is 7.04. The van der Waals surface area contributed by atoms with Crippen LogP contribution in [0.5, 0.6) is 0 Å². The number of carbonyl (C=O) groups is 1. The van der Waals surface area contributed by atoms with Crippen LogP contribution in [-0.2, 0) is 4.74 Å². The molecule has 1 heterocycles. The molecular formula is C12H13ClINO2. The van der Waals surface area contributed by atoms with E-state index in [9.17, 15) is 4.79 Å². The predicted molar refractivity (Wildman–Crippen MR) is 75.5 cm³/mol. The third-order valence-corrected chi connectivity index (χ3v) is 3.75. The van der Waals surface area contributed by atoms with Crippen LogP contribution in [-0.4, -0.2) is 42.5 Å². The second-order valence-electron chi connectivity index (χ2n) is 3.91. The fourth-order valence-corrected chi connectivity index (χ4v) is 2.32. The number of halogens is 2. The van der Waals surface area contributed by atoms with Gasteiger partial charge in [0.1, 0.15) is 0 Å². The number of nitrogens with zero attached hydrogens (tertiary/aromatic N) is 1. The minimum absolute atomic E-state index is 0.0433. The van der Waals surface area contributed by atoms with Crippen LogP contribution in [0.4, 0.5) is 0 Å². The Labute approximate surface area is 119 Å². The molecule has 0 aliphatic carbocycles. The summed E-state index contributed by atoms with van der Waals surface area (Å²) in [5.41, 5.74) is 0.723. The maximum atomic E-state index is 12.2. The summed E-state index contributed by atoms with van der Waals surface area (Å²) in [5, 5.41) is 0. The van der Waals surface area contributed by atoms with E-state index in [2.05, 4.69) is 22.6 Å². The molecule has 1 atom stereocenters. The summed E-state index contributed by atoms with van der Waals surface area (Å²) in [6.45, 7) is 1.78. The first-order valence-electron chi connectivity index (χ1n) is 5.43. The van der Waals surface area contributed by atoms with Crippen molar-refractivity contribution < 1.29 is 9.53 Å². The molecule has 1 aliphatic heterocycles. The van der Waals surface area contributed by atoms with Crippen molar-refractivity contribution in [1.82, 2.24) is 4.90 Å². The number of benzene rings is 1. The third-order valence-electron chi connectivity index (χ3n) is 2.69. The molecule has 5 heteroatoms. The molecule has 0 spiro atoms. The topological polar surface area (TPSA) is 29.5 Å². The van der Waals surface area contributed by atoms with Crippen LogP contribution in [0.25, 0.3) is 0 Å². The van der Waals surface area contributed by atoms with Crippen LogP contribution in [0.3, 0.4) is 0 Å². The first-order chi connectivity index (χ1) is 8.20. The van der Waals surface area contributed by atoms with Gasteiger partial charge in [-0.2, -0.15) is 0 Å². The van der Waals surface area contributed by atoms with Crippen LogP contribution in [0.15, 0.2) is 24.3 Å². The van der Waals surface area contributed by atoms with Crippen molar-refractivity contribution in [1.29, 1.82) is 0 Å². The highest BCUT2D eigenvalue weighted by Gasteiger charge is 2.24. The lowest BCUT2D eigenvalue weighted by Crippen LogP contribution is -2.46. The maximum absolute atomic E-state index is 12.2. The van der Waals surface area contributed by atoms with Crippen molar-refractivity contribution in [3.63, 3.8) is 0 Å². The molecule has 1 fully saturated rings. The van der Waals surface area contributed by atoms with Gasteiger partial charge in [0, 0.05) is 22.2 Å². The average Bonchev–Trinajstić information content (AvgIpc) is 2.39. The number of rotatable bonds is 2. The first kappa shape index (κ1) is 13.1. The zero-order valence-corrected chi connectivity index (χ0v) is 12.1. The Morgan fingerprint density at radius 2 is 2.18 bits per heavy atom. The normalized spacial score (nSPS) is 20.4. The summed E-state index contributed by atoms with van der Waals surface area (Å²) in [7, 11) is 0. The highest BCUT2D eigenvalue weighted by molar-refractivity contribution is 14.1. The van der Waals surface area contributed by atoms with Gasteiger partial charge < -0.3 is 9.64 Å². The second kappa shape index (κ2) is 6.02. The number of carbonyl (C=O) groups excluding carboxylic acids is 1. The van der Waals surface area contributed by atoms with E-state index in [1.165, 1.54) is 0 Å². The van der Waals surface area contributed by atoms with Crippen LogP contribution < -0.4 is 0 Å². The van der Waals surface area contributed by atoms with Crippen molar-refractivity contribution in [3.8, 4) is 0 Å². The quantitative estimate of drug-likeness (QED) is 0.595. The van der Waals surface area contributed by atoms with E-state index in [0.717, 1.165) is 9.13 Å². The molecule has 1 amide bonds. The van der Waals surface area contributed by atoms with E-state index in [1.807, 2.05) is 24.3 Å². The molecule has 17 heavy (non-hydrogen) atoms. The smallest absolute Gasteiger partial charge is 0.254 e. The summed E-state index contributed by atoms with van der Waals surface area (Å²) in [6.07, 6.45) is -0.0433. The fourth-order valence-electron chi connectivity index (χ4n) is 1.77. The van der Waals surface area contributed by atoms with Gasteiger partial charge in [-0.1, -0.05) is 0 Å². The second-order valence-corrected chi connectivity index (χ2v) is 5.46. The molecule has 3 nitrogen and oxygen atoms in total. The van der Waals surface area contributed by atoms with Crippen LogP contribution in [0.1, 0.15) is 10.4 Å². The predicted octanol–water partition coefficient (Wildman–Crippen LogP) is 2.37. The number of hydrogen-bond acceptors (Lipinski definition) is 2. The lowest BCUT2D eigenvalue weighted by Gasteiger charge is -2.32. The molecule has 0 saturated carbocycles. The monoisotopic (exact) mass is 365 g/mol. The number of amides is 1. The van der Waals surface area contributed by atoms with Gasteiger partial charge in [0.15, 0.2) is 0 Å². The third kappa shape index (κ3) is 3.33. The van der Waals surface area contributed by atoms with Crippen molar-refractivity contribution >= 4 is 40.1 Å². The van der Waals surface area contributed by atoms with Crippen molar-refractivity contribution in [3.05, 3.63) is 33.4 Å². The van der Waals surface area contributed by atoms with Crippen LogP contribution in [0.2, 0.25) is 0 Å². The molecule has 1 aliphatic rings. The van der Waals surface area contributed by atoms with E-state index in [4.69, 9.17) is 16.3 Å². The highest BCUT2D eigenvalue weighted by Crippen LogP contribution is 2.13. The number of alkyl halides is 1. The Balaban J connectivity index is 2.06. The van der Waals surface area contributed by atoms with Gasteiger partial charge in [0.05, 0.1) is 18.6 Å². The number of ether oxygens (including phenoxy) is 1. The summed E-state index contributed by atoms with van der Waals surface area (Å²) < 4.78 is 6.56. The Kier molecular flexibility index (Phi) is 4.64. The molecule has 1 aromatic carbocycles. The number of morpholine rings is 1. The Hall–Kier alpha value is -0.330. The van der Waals surface area contributed by atoms with Gasteiger partial charge in [0.2, 0.25) is 0 Å². The van der Waals surface area contributed by atoms with Gasteiger partial charge in [-0.25, -0.2) is 0 Å². The minimum Gasteiger partial charge on any atom is -0.373 e. The summed E-state index contributed by atoms with van der Waals surface area (Å²) in [4.78, 5) is 14.0. The lowest BCUT2D eigenvalue weighted by atomic mass is 10.2. The zero-order chi connectivity index (χ0) is 12.3. The molecule has 0 N–H and O–H groups in total. The summed E-state index contributed by atoms with van der Waals surface area (Å²) >= 11 is 7.97. The van der Waals surface area contributed by atoms with Gasteiger partial charge in [-0.15, -0.1) is 11.6 Å². The lowest BCUT2D eigenvalue weighted by molar-refractivity contribution is -0.0108. The van der Waals surface area contributed by atoms with Crippen LogP contribution in [0, 0.1) is 3.57 Å². The SMILES string of the molecule is O=C(c1ccc(I)cc1)N1CCOC(CCl)C1. The molecule has 92 valence electrons. The van der Waals surface area contributed by atoms with E-state index in [0.29, 0.717) is 25.6 Å². The van der Waals surface area contributed by atoms with Crippen LogP contribution >= 0.6 is 34.2 Å². The molecule has 1 aromatic rings. The molecule has 0 bridgehead atoms. The molecule has 2 rings (SSSR count). The largest absolute Gasteiger partial charge is 0.373 e. The van der Waals surface area contributed by atoms with Gasteiger partial charge >= 0.3 is 0 Å². The standard InChI is InChI=1S/C12H13ClINO2/c13-7-11-8-15(5-6-17-11)12(16)9-1-3-10(14)4-2-9/h1-4,11H,5-8H2. The molecule has 0 aromatic heterocycles. The zero-order valence-electron chi connectivity index (χ0n) is 9.23. The summed E-state index contributed by atoms with van der Waals surface area (Å²) in [6, 6.07) is 7.59. The van der Waals surface area contributed by atoms with E-state index < -0.39 is 0 Å². The molecule has 1 unspecified atom stereocenters. The highest BCUT2D eigenvalue weighted by atomic mass is 127. The van der Waals surface area contributed by atoms with Crippen molar-refractivity contribution in [2.75, 3.05) is 25.6 Å². The molecular weight excluding hydrogens is 352 g/mol. The average molecular weight is 366 g/mol. The minimum atomic E-state index is -0.0433. The van der Waals surface area contributed by atoms with Crippen molar-refractivity contribution in [2.45, 2.75) is 6.10 Å². The fraction of sp³-hybridized carbons (Fsp3) is 0.417. The van der Waals surface area contributed by atoms with E-state index in [1.54, 1.807) is 4.90 Å². The van der Waals surface area contributed by atoms with Gasteiger partial charge in [-0.3, -0.25) is 4.79 Å². The van der Waals surface area contributed by atoms with Gasteiger partial charge in [0.25, 0.3) is 5.91 Å². The number of hydrogen-bond donors (Lipinski definition) is 0. The Morgan fingerprint density at radius 3 is 2.82 bits per heavy atom. The molecule has 1 saturated heterocycles. The van der Waals surface area contributed by atoms with E-state index >= 15 is 0 Å². The summed E-state index contributed by atoms with van der Waals surface area (Å²) in [5.74, 6) is 0.482. The van der Waals surface area contributed by atoms with Crippen molar-refractivity contribution in [2.24, 2.45) is 0 Å². The molecule has 0 radical (unpaired) electrons. The maximum Gasteiger partial charge on any atom is 0.254 e. The Morgan fingerprint density at radius 1 is 1.47 bits per heavy atom. The Bertz CT molecular complexity index is 396. The van der Waals surface area contributed by atoms with Gasteiger partial charge in [-0.05, 0) is 46.9 Å². The van der Waals surface area contributed by atoms with E-state index in [-0.39, 0.29) is 12.0 Å².